The first-order valence-corrected chi connectivity index (χ1v) is 12.4. The van der Waals surface area contributed by atoms with E-state index in [4.69, 9.17) is 0 Å². The third-order valence-corrected chi connectivity index (χ3v) is 8.00. The number of hydrogen-bond donors (Lipinski definition) is 1. The highest BCUT2D eigenvalue weighted by atomic mass is 19.4. The van der Waals surface area contributed by atoms with Crippen molar-refractivity contribution < 1.29 is 31.5 Å². The number of pyridine rings is 1. The molecule has 7 nitrogen and oxygen atoms in total. The Morgan fingerprint density at radius 2 is 1.89 bits per heavy atom. The Labute approximate surface area is 209 Å². The molecule has 198 valence electrons. The highest BCUT2D eigenvalue weighted by Crippen LogP contribution is 2.41. The van der Waals surface area contributed by atoms with Crippen LogP contribution >= 0.6 is 0 Å². The molecule has 2 amide bonds. The van der Waals surface area contributed by atoms with Gasteiger partial charge in [0.2, 0.25) is 11.8 Å². The number of hydrogen-bond acceptors (Lipinski definition) is 4. The summed E-state index contributed by atoms with van der Waals surface area (Å²) < 4.78 is 70.0. The number of aromatic nitrogens is 2. The van der Waals surface area contributed by atoms with Crippen molar-refractivity contribution in [1.29, 1.82) is 5.26 Å². The molecule has 0 spiro atoms. The number of halogens is 5. The van der Waals surface area contributed by atoms with Crippen molar-refractivity contribution in [3.05, 3.63) is 34.8 Å². The van der Waals surface area contributed by atoms with Crippen LogP contribution in [0, 0.1) is 17.2 Å². The van der Waals surface area contributed by atoms with Crippen molar-refractivity contribution in [2.45, 2.75) is 88.5 Å². The SMILES string of the molecule is CC(=O)N1C2CCC1C(NC(=O)c1cc(C#N)n3c(CC4CCC(F)(F)CC4)c(C(F)(F)F)nc3c1)C2. The average molecular weight is 524 g/mol. The first-order valence-electron chi connectivity index (χ1n) is 12.4. The predicted octanol–water partition coefficient (Wildman–Crippen LogP) is 4.47. The Kier molecular flexibility index (Phi) is 6.15. The Hall–Kier alpha value is -3.23. The summed E-state index contributed by atoms with van der Waals surface area (Å²) >= 11 is 0. The molecule has 2 aromatic heterocycles. The first kappa shape index (κ1) is 25.4. The van der Waals surface area contributed by atoms with E-state index in [1.54, 1.807) is 4.90 Å². The van der Waals surface area contributed by atoms with E-state index in [1.165, 1.54) is 19.1 Å². The van der Waals surface area contributed by atoms with Crippen LogP contribution in [-0.4, -0.2) is 50.1 Å². The van der Waals surface area contributed by atoms with Crippen LogP contribution in [0.15, 0.2) is 12.1 Å². The Bertz CT molecular complexity index is 1290. The molecule has 5 rings (SSSR count). The fraction of sp³-hybridized carbons (Fsp3) is 0.600. The Balaban J connectivity index is 1.45. The molecule has 0 aromatic carbocycles. The van der Waals surface area contributed by atoms with Crippen molar-refractivity contribution in [2.24, 2.45) is 5.92 Å². The maximum Gasteiger partial charge on any atom is 0.435 e. The summed E-state index contributed by atoms with van der Waals surface area (Å²) in [5.74, 6) is -3.85. The van der Waals surface area contributed by atoms with Crippen molar-refractivity contribution >= 4 is 17.5 Å². The van der Waals surface area contributed by atoms with Crippen molar-refractivity contribution in [1.82, 2.24) is 19.6 Å². The smallest absolute Gasteiger partial charge is 0.347 e. The lowest BCUT2D eigenvalue weighted by Gasteiger charge is -2.28. The molecule has 3 unspecified atom stereocenters. The molecule has 3 atom stereocenters. The van der Waals surface area contributed by atoms with Gasteiger partial charge in [-0.3, -0.25) is 14.0 Å². The van der Waals surface area contributed by atoms with E-state index in [0.717, 1.165) is 17.2 Å². The van der Waals surface area contributed by atoms with E-state index in [1.807, 2.05) is 6.07 Å². The molecule has 3 aliphatic rings. The van der Waals surface area contributed by atoms with Crippen LogP contribution in [0.2, 0.25) is 0 Å². The quantitative estimate of drug-likeness (QED) is 0.599. The van der Waals surface area contributed by atoms with Crippen LogP contribution in [0.4, 0.5) is 22.0 Å². The van der Waals surface area contributed by atoms with Crippen LogP contribution in [0.3, 0.4) is 0 Å². The topological polar surface area (TPSA) is 90.5 Å². The monoisotopic (exact) mass is 523 g/mol. The van der Waals surface area contributed by atoms with E-state index in [2.05, 4.69) is 10.3 Å². The Morgan fingerprint density at radius 3 is 2.49 bits per heavy atom. The minimum Gasteiger partial charge on any atom is -0.347 e. The zero-order valence-electron chi connectivity index (χ0n) is 20.1. The molecule has 4 heterocycles. The summed E-state index contributed by atoms with van der Waals surface area (Å²) in [5, 5.41) is 12.6. The number of nitrogens with one attached hydrogen (secondary N) is 1. The van der Waals surface area contributed by atoms with Gasteiger partial charge in [-0.05, 0) is 56.6 Å². The molecule has 12 heteroatoms. The van der Waals surface area contributed by atoms with Crippen LogP contribution < -0.4 is 5.32 Å². The van der Waals surface area contributed by atoms with Crippen LogP contribution in [0.5, 0.6) is 0 Å². The van der Waals surface area contributed by atoms with Gasteiger partial charge in [0, 0.05) is 31.4 Å². The second-order valence-corrected chi connectivity index (χ2v) is 10.4. The van der Waals surface area contributed by atoms with E-state index in [9.17, 15) is 36.8 Å². The highest BCUT2D eigenvalue weighted by Gasteiger charge is 2.48. The molecule has 2 aliphatic heterocycles. The second-order valence-electron chi connectivity index (χ2n) is 10.4. The summed E-state index contributed by atoms with van der Waals surface area (Å²) in [4.78, 5) is 30.6. The van der Waals surface area contributed by atoms with Gasteiger partial charge in [0.25, 0.3) is 5.91 Å². The molecule has 1 aliphatic carbocycles. The van der Waals surface area contributed by atoms with E-state index in [0.29, 0.717) is 6.42 Å². The number of nitrogens with zero attached hydrogens (tertiary/aromatic N) is 4. The van der Waals surface area contributed by atoms with Gasteiger partial charge in [0.05, 0.1) is 17.8 Å². The number of imidazole rings is 1. The summed E-state index contributed by atoms with van der Waals surface area (Å²) in [7, 11) is 0. The van der Waals surface area contributed by atoms with Gasteiger partial charge in [-0.15, -0.1) is 0 Å². The number of carbonyl (C=O) groups excluding carboxylic acids is 2. The van der Waals surface area contributed by atoms with E-state index < -0.39 is 42.5 Å². The number of nitriles is 1. The minimum atomic E-state index is -4.83. The zero-order chi connectivity index (χ0) is 26.7. The molecular formula is C25H26F5N5O2. The standard InChI is InChI=1S/C25H26F5N5O2/c1-13(36)34-16-2-3-19(34)18(11-16)32-23(37)15-9-17(12-31)35-20(8-14-4-6-24(26,27)7-5-14)22(25(28,29)30)33-21(35)10-15/h9-10,14,16,18-19H,2-8,11H2,1H3,(H,32,37). The summed E-state index contributed by atoms with van der Waals surface area (Å²) in [6, 6.07) is 3.92. The molecule has 3 fully saturated rings. The maximum absolute atomic E-state index is 13.9. The first-order chi connectivity index (χ1) is 17.4. The van der Waals surface area contributed by atoms with E-state index >= 15 is 0 Å². The lowest BCUT2D eigenvalue weighted by Crippen LogP contribution is -2.44. The van der Waals surface area contributed by atoms with Crippen molar-refractivity contribution in [2.75, 3.05) is 0 Å². The second kappa shape index (κ2) is 8.96. The molecule has 2 saturated heterocycles. The van der Waals surface area contributed by atoms with Gasteiger partial charge >= 0.3 is 6.18 Å². The fourth-order valence-corrected chi connectivity index (χ4v) is 6.32. The summed E-state index contributed by atoms with van der Waals surface area (Å²) in [5.41, 5.74) is -1.84. The van der Waals surface area contributed by atoms with Crippen molar-refractivity contribution in [3.8, 4) is 6.07 Å². The third kappa shape index (κ3) is 4.64. The molecule has 0 radical (unpaired) electrons. The van der Waals surface area contributed by atoms with Crippen LogP contribution in [0.25, 0.3) is 5.65 Å². The molecule has 1 saturated carbocycles. The molecular weight excluding hydrogens is 497 g/mol. The Morgan fingerprint density at radius 1 is 1.19 bits per heavy atom. The molecule has 1 N–H and O–H groups in total. The molecule has 2 aromatic rings. The summed E-state index contributed by atoms with van der Waals surface area (Å²) in [6.07, 6.45) is -3.42. The van der Waals surface area contributed by atoms with E-state index in [-0.39, 0.29) is 65.9 Å². The van der Waals surface area contributed by atoms with Crippen LogP contribution in [0.1, 0.15) is 79.3 Å². The third-order valence-electron chi connectivity index (χ3n) is 8.00. The fourth-order valence-electron chi connectivity index (χ4n) is 6.32. The average Bonchev–Trinajstić information content (AvgIpc) is 3.50. The largest absolute Gasteiger partial charge is 0.435 e. The predicted molar refractivity (Wildman–Crippen MR) is 121 cm³/mol. The molecule has 37 heavy (non-hydrogen) atoms. The lowest BCUT2D eigenvalue weighted by atomic mass is 9.83. The minimum absolute atomic E-state index is 0.0104. The zero-order valence-corrected chi connectivity index (χ0v) is 20.1. The highest BCUT2D eigenvalue weighted by molar-refractivity contribution is 5.96. The maximum atomic E-state index is 13.9. The normalized spacial score (nSPS) is 25.4. The van der Waals surface area contributed by atoms with Crippen LogP contribution in [-0.2, 0) is 17.4 Å². The number of rotatable bonds is 4. The number of fused-ring (bicyclic) bond motifs is 3. The number of amides is 2. The van der Waals surface area contributed by atoms with Gasteiger partial charge in [-0.2, -0.15) is 18.4 Å². The lowest BCUT2D eigenvalue weighted by molar-refractivity contribution is -0.141. The number of alkyl halides is 5. The van der Waals surface area contributed by atoms with Gasteiger partial charge < -0.3 is 10.2 Å². The van der Waals surface area contributed by atoms with Gasteiger partial charge in [0.1, 0.15) is 17.4 Å². The number of carbonyl (C=O) groups is 2. The van der Waals surface area contributed by atoms with Gasteiger partial charge in [-0.25, -0.2) is 13.8 Å². The van der Waals surface area contributed by atoms with Crippen molar-refractivity contribution in [3.63, 3.8) is 0 Å². The summed E-state index contributed by atoms with van der Waals surface area (Å²) in [6.45, 7) is 1.48. The molecule has 2 bridgehead atoms. The van der Waals surface area contributed by atoms with Gasteiger partial charge in [0.15, 0.2) is 5.69 Å². The van der Waals surface area contributed by atoms with Gasteiger partial charge in [-0.1, -0.05) is 0 Å².